The van der Waals surface area contributed by atoms with Gasteiger partial charge in [-0.2, -0.15) is 0 Å². The molecule has 0 aliphatic carbocycles. The van der Waals surface area contributed by atoms with Gasteiger partial charge in [-0.15, -0.1) is 0 Å². The summed E-state index contributed by atoms with van der Waals surface area (Å²) in [5.41, 5.74) is 4.74. The van der Waals surface area contributed by atoms with Crippen molar-refractivity contribution < 1.29 is 9.59 Å². The molecule has 0 spiro atoms. The van der Waals surface area contributed by atoms with Crippen molar-refractivity contribution in [2.24, 2.45) is 0 Å². The molecule has 38 heavy (non-hydrogen) atoms. The van der Waals surface area contributed by atoms with E-state index >= 15 is 0 Å². The second kappa shape index (κ2) is 11.3. The van der Waals surface area contributed by atoms with Crippen LogP contribution in [0.2, 0.25) is 0 Å². The molecule has 0 saturated heterocycles. The minimum absolute atomic E-state index is 0.0349. The Labute approximate surface area is 223 Å². The Kier molecular flexibility index (Phi) is 7.90. The molecule has 0 saturated carbocycles. The smallest absolute Gasteiger partial charge is 0.259 e. The van der Waals surface area contributed by atoms with Crippen molar-refractivity contribution in [1.82, 2.24) is 14.9 Å². The number of likely N-dealkylation sites (N-methyl/N-ethyl adjacent to an activating group) is 1. The SMILES string of the molecule is CN(C)C(=O)CNc1cc(NC(=O)c2cccnc2NCc2ccnc3ccccc23)ccc1C(C)(C)C. The van der Waals surface area contributed by atoms with Gasteiger partial charge < -0.3 is 20.9 Å². The van der Waals surface area contributed by atoms with E-state index in [9.17, 15) is 9.59 Å². The highest BCUT2D eigenvalue weighted by Crippen LogP contribution is 2.32. The number of benzene rings is 2. The zero-order chi connectivity index (χ0) is 27.3. The van der Waals surface area contributed by atoms with Crippen molar-refractivity contribution in [3.05, 3.63) is 89.7 Å². The van der Waals surface area contributed by atoms with Crippen molar-refractivity contribution >= 4 is 39.9 Å². The van der Waals surface area contributed by atoms with Gasteiger partial charge in [0.2, 0.25) is 5.91 Å². The number of pyridine rings is 2. The van der Waals surface area contributed by atoms with E-state index in [2.05, 4.69) is 46.7 Å². The third kappa shape index (κ3) is 6.26. The molecule has 4 rings (SSSR count). The fourth-order valence-electron chi connectivity index (χ4n) is 4.17. The van der Waals surface area contributed by atoms with Crippen LogP contribution >= 0.6 is 0 Å². The number of nitrogens with zero attached hydrogens (tertiary/aromatic N) is 3. The monoisotopic (exact) mass is 510 g/mol. The van der Waals surface area contributed by atoms with Gasteiger partial charge in [0.1, 0.15) is 5.82 Å². The lowest BCUT2D eigenvalue weighted by Crippen LogP contribution is -2.29. The maximum absolute atomic E-state index is 13.3. The van der Waals surface area contributed by atoms with Crippen molar-refractivity contribution in [3.8, 4) is 0 Å². The molecule has 0 atom stereocenters. The van der Waals surface area contributed by atoms with Gasteiger partial charge in [-0.05, 0) is 52.9 Å². The lowest BCUT2D eigenvalue weighted by atomic mass is 9.85. The van der Waals surface area contributed by atoms with E-state index in [1.807, 2.05) is 48.5 Å². The predicted molar refractivity (Wildman–Crippen MR) is 154 cm³/mol. The van der Waals surface area contributed by atoms with E-state index < -0.39 is 0 Å². The summed E-state index contributed by atoms with van der Waals surface area (Å²) < 4.78 is 0. The minimum atomic E-state index is -0.279. The van der Waals surface area contributed by atoms with Crippen LogP contribution in [0.3, 0.4) is 0 Å². The first kappa shape index (κ1) is 26.6. The number of rotatable bonds is 8. The Hall–Kier alpha value is -4.46. The Morgan fingerprint density at radius 1 is 0.895 bits per heavy atom. The minimum Gasteiger partial charge on any atom is -0.376 e. The molecule has 0 aliphatic rings. The summed E-state index contributed by atoms with van der Waals surface area (Å²) in [4.78, 5) is 35.9. The molecule has 2 aromatic heterocycles. The molecular weight excluding hydrogens is 476 g/mol. The van der Waals surface area contributed by atoms with Crippen LogP contribution in [0.1, 0.15) is 42.3 Å². The van der Waals surface area contributed by atoms with Crippen LogP contribution in [0.15, 0.2) is 73.1 Å². The molecule has 8 heteroatoms. The van der Waals surface area contributed by atoms with Gasteiger partial charge in [0.05, 0.1) is 17.6 Å². The predicted octanol–water partition coefficient (Wildman–Crippen LogP) is 5.29. The van der Waals surface area contributed by atoms with E-state index in [1.165, 1.54) is 0 Å². The first-order valence-corrected chi connectivity index (χ1v) is 12.5. The summed E-state index contributed by atoms with van der Waals surface area (Å²) in [6.45, 7) is 6.99. The zero-order valence-corrected chi connectivity index (χ0v) is 22.5. The molecule has 0 bridgehead atoms. The van der Waals surface area contributed by atoms with Crippen molar-refractivity contribution in [2.75, 3.05) is 36.6 Å². The van der Waals surface area contributed by atoms with Crippen LogP contribution in [0.25, 0.3) is 10.9 Å². The van der Waals surface area contributed by atoms with Crippen LogP contribution in [0.5, 0.6) is 0 Å². The molecule has 0 aliphatic heterocycles. The maximum atomic E-state index is 13.3. The number of amides is 2. The van der Waals surface area contributed by atoms with Gasteiger partial charge in [-0.25, -0.2) is 4.98 Å². The standard InChI is InChI=1S/C30H34N6O2/c1-30(2,3)24-13-12-21(17-26(24)33-19-27(37)36(4)5)35-29(38)23-10-8-15-32-28(23)34-18-20-14-16-31-25-11-7-6-9-22(20)25/h6-17,33H,18-19H2,1-5H3,(H,32,34)(H,35,38). The number of aromatic nitrogens is 2. The number of nitrogens with one attached hydrogen (secondary N) is 3. The summed E-state index contributed by atoms with van der Waals surface area (Å²) >= 11 is 0. The van der Waals surface area contributed by atoms with Crippen molar-refractivity contribution in [1.29, 1.82) is 0 Å². The van der Waals surface area contributed by atoms with Crippen LogP contribution in [0, 0.1) is 0 Å². The molecule has 8 nitrogen and oxygen atoms in total. The summed E-state index contributed by atoms with van der Waals surface area (Å²) in [5, 5.41) is 10.6. The van der Waals surface area contributed by atoms with Gasteiger partial charge in [0.15, 0.2) is 0 Å². The van der Waals surface area contributed by atoms with Crippen LogP contribution in [-0.2, 0) is 16.8 Å². The Morgan fingerprint density at radius 2 is 1.68 bits per heavy atom. The highest BCUT2D eigenvalue weighted by molar-refractivity contribution is 6.07. The molecule has 0 fully saturated rings. The lowest BCUT2D eigenvalue weighted by molar-refractivity contribution is -0.126. The third-order valence-electron chi connectivity index (χ3n) is 6.25. The number of anilines is 3. The summed E-state index contributed by atoms with van der Waals surface area (Å²) in [6.07, 6.45) is 3.44. The average Bonchev–Trinajstić information content (AvgIpc) is 2.90. The van der Waals surface area contributed by atoms with E-state index in [1.54, 1.807) is 43.5 Å². The molecular formula is C30H34N6O2. The molecule has 3 N–H and O–H groups in total. The van der Waals surface area contributed by atoms with Crippen LogP contribution in [0.4, 0.5) is 17.2 Å². The quantitative estimate of drug-likeness (QED) is 0.298. The van der Waals surface area contributed by atoms with E-state index in [0.717, 1.165) is 27.7 Å². The van der Waals surface area contributed by atoms with Crippen molar-refractivity contribution in [2.45, 2.75) is 32.7 Å². The molecule has 2 amide bonds. The van der Waals surface area contributed by atoms with Crippen LogP contribution in [-0.4, -0.2) is 47.3 Å². The number of hydrogen-bond acceptors (Lipinski definition) is 6. The summed E-state index contributed by atoms with van der Waals surface area (Å²) in [6, 6.07) is 19.1. The highest BCUT2D eigenvalue weighted by Gasteiger charge is 2.20. The maximum Gasteiger partial charge on any atom is 0.259 e. The second-order valence-corrected chi connectivity index (χ2v) is 10.3. The first-order chi connectivity index (χ1) is 18.1. The van der Waals surface area contributed by atoms with Crippen LogP contribution < -0.4 is 16.0 Å². The van der Waals surface area contributed by atoms with Crippen molar-refractivity contribution in [3.63, 3.8) is 0 Å². The average molecular weight is 511 g/mol. The van der Waals surface area contributed by atoms with E-state index in [4.69, 9.17) is 0 Å². The fourth-order valence-corrected chi connectivity index (χ4v) is 4.17. The lowest BCUT2D eigenvalue weighted by Gasteiger charge is -2.24. The van der Waals surface area contributed by atoms with E-state index in [0.29, 0.717) is 23.6 Å². The molecule has 0 radical (unpaired) electrons. The summed E-state index contributed by atoms with van der Waals surface area (Å²) in [5.74, 6) is 0.179. The first-order valence-electron chi connectivity index (χ1n) is 12.5. The molecule has 2 aromatic carbocycles. The number of para-hydroxylation sites is 1. The highest BCUT2D eigenvalue weighted by atomic mass is 16.2. The number of carbonyl (C=O) groups excluding carboxylic acids is 2. The molecule has 4 aromatic rings. The second-order valence-electron chi connectivity index (χ2n) is 10.3. The fraction of sp³-hybridized carbons (Fsp3) is 0.267. The third-order valence-corrected chi connectivity index (χ3v) is 6.25. The molecule has 196 valence electrons. The van der Waals surface area contributed by atoms with Gasteiger partial charge >= 0.3 is 0 Å². The van der Waals surface area contributed by atoms with Gasteiger partial charge in [0.25, 0.3) is 5.91 Å². The van der Waals surface area contributed by atoms with Gasteiger partial charge in [-0.1, -0.05) is 45.0 Å². The Balaban J connectivity index is 1.53. The van der Waals surface area contributed by atoms with Gasteiger partial charge in [-0.3, -0.25) is 14.6 Å². The largest absolute Gasteiger partial charge is 0.376 e. The Morgan fingerprint density at radius 3 is 2.45 bits per heavy atom. The zero-order valence-electron chi connectivity index (χ0n) is 22.5. The topological polar surface area (TPSA) is 99.3 Å². The van der Waals surface area contributed by atoms with E-state index in [-0.39, 0.29) is 23.8 Å². The number of hydrogen-bond donors (Lipinski definition) is 3. The number of carbonyl (C=O) groups is 2. The number of fused-ring (bicyclic) bond motifs is 1. The van der Waals surface area contributed by atoms with Gasteiger partial charge in [0, 0.05) is 49.8 Å². The summed E-state index contributed by atoms with van der Waals surface area (Å²) in [7, 11) is 3.45. The normalized spacial score (nSPS) is 11.2. The molecule has 2 heterocycles. The molecule has 0 unspecified atom stereocenters. The Bertz CT molecular complexity index is 1450.